The summed E-state index contributed by atoms with van der Waals surface area (Å²) in [7, 11) is 0. The van der Waals surface area contributed by atoms with Crippen molar-refractivity contribution in [3.8, 4) is 6.07 Å². The molecule has 1 saturated carbocycles. The van der Waals surface area contributed by atoms with Gasteiger partial charge < -0.3 is 20.5 Å². The number of carbonyl (C=O) groups is 3. The fourth-order valence-corrected chi connectivity index (χ4v) is 6.83. The number of nitrogens with zero attached hydrogens (tertiary/aromatic N) is 2. The molecule has 2 aromatic carbocycles. The molecule has 0 unspecified atom stereocenters. The van der Waals surface area contributed by atoms with Gasteiger partial charge in [-0.05, 0) is 48.6 Å². The van der Waals surface area contributed by atoms with Crippen molar-refractivity contribution in [2.24, 2.45) is 5.92 Å². The molecule has 1 saturated heterocycles. The van der Waals surface area contributed by atoms with E-state index in [0.717, 1.165) is 53.4 Å². The van der Waals surface area contributed by atoms with Crippen LogP contribution in [-0.2, 0) is 15.0 Å². The van der Waals surface area contributed by atoms with Crippen molar-refractivity contribution in [3.05, 3.63) is 65.4 Å². The second-order valence-corrected chi connectivity index (χ2v) is 11.4. The molecule has 1 aromatic heterocycles. The third kappa shape index (κ3) is 4.36. The Balaban J connectivity index is 1.29. The predicted octanol–water partition coefficient (Wildman–Crippen LogP) is 4.56. The van der Waals surface area contributed by atoms with E-state index in [0.29, 0.717) is 18.0 Å². The summed E-state index contributed by atoms with van der Waals surface area (Å²) < 4.78 is 0. The first-order valence-corrected chi connectivity index (χ1v) is 13.9. The van der Waals surface area contributed by atoms with Gasteiger partial charge in [-0.3, -0.25) is 14.4 Å². The van der Waals surface area contributed by atoms with Crippen LogP contribution in [0.3, 0.4) is 0 Å². The SMILES string of the molecule is Cc1cccc2[nH]c(C(=O)N[C@@H](CC3CCCCC3)C(=O)N3C[C@]4(C[C@H]3C#N)C(=O)Nc3ccccc34)cc12. The quantitative estimate of drug-likeness (QED) is 0.454. The largest absolute Gasteiger partial charge is 0.351 e. The fraction of sp³-hybridized carbons (Fsp3) is 0.419. The van der Waals surface area contributed by atoms with Gasteiger partial charge in [0.25, 0.3) is 5.91 Å². The minimum Gasteiger partial charge on any atom is -0.351 e. The zero-order valence-corrected chi connectivity index (χ0v) is 22.1. The maximum atomic E-state index is 14.2. The molecule has 2 aliphatic heterocycles. The second kappa shape index (κ2) is 9.88. The van der Waals surface area contributed by atoms with Crippen molar-refractivity contribution < 1.29 is 14.4 Å². The standard InChI is InChI=1S/C31H33N5O3/c1-19-8-7-13-24-22(19)15-26(33-24)28(37)34-27(14-20-9-3-2-4-10-20)29(38)36-18-31(16-21(36)17-32)23-11-5-6-12-25(23)35-30(31)39/h5-8,11-13,15,20-21,27,33H,2-4,9-10,14,16,18H2,1H3,(H,34,37)(H,35,39)/t21-,27-,31-/m0/s1. The molecular formula is C31H33N5O3. The molecular weight excluding hydrogens is 490 g/mol. The molecule has 8 heteroatoms. The highest BCUT2D eigenvalue weighted by Crippen LogP contribution is 2.46. The third-order valence-corrected chi connectivity index (χ3v) is 8.94. The minimum atomic E-state index is -0.958. The number of benzene rings is 2. The first-order valence-electron chi connectivity index (χ1n) is 13.9. The number of fused-ring (bicyclic) bond motifs is 3. The number of amides is 3. The summed E-state index contributed by atoms with van der Waals surface area (Å²) in [5.41, 5.74) is 2.93. The van der Waals surface area contributed by atoms with Crippen LogP contribution < -0.4 is 10.6 Å². The summed E-state index contributed by atoms with van der Waals surface area (Å²) in [5.74, 6) is -0.487. The number of hydrogen-bond donors (Lipinski definition) is 3. The highest BCUT2D eigenvalue weighted by atomic mass is 16.2. The topological polar surface area (TPSA) is 118 Å². The van der Waals surface area contributed by atoms with Gasteiger partial charge in [0.15, 0.2) is 0 Å². The summed E-state index contributed by atoms with van der Waals surface area (Å²) in [4.78, 5) is 45.6. The van der Waals surface area contributed by atoms with Gasteiger partial charge in [-0.2, -0.15) is 5.26 Å². The Morgan fingerprint density at radius 2 is 1.95 bits per heavy atom. The van der Waals surface area contributed by atoms with Crippen LogP contribution in [0.4, 0.5) is 5.69 Å². The van der Waals surface area contributed by atoms with Crippen molar-refractivity contribution in [3.63, 3.8) is 0 Å². The Morgan fingerprint density at radius 3 is 2.72 bits per heavy atom. The molecule has 0 bridgehead atoms. The number of likely N-dealkylation sites (tertiary alicyclic amines) is 1. The normalized spacial score (nSPS) is 23.4. The smallest absolute Gasteiger partial charge is 0.268 e. The minimum absolute atomic E-state index is 0.121. The van der Waals surface area contributed by atoms with Gasteiger partial charge in [0.05, 0.1) is 11.5 Å². The molecule has 2 fully saturated rings. The summed E-state index contributed by atoms with van der Waals surface area (Å²) in [6.07, 6.45) is 6.23. The number of nitrogens with one attached hydrogen (secondary N) is 3. The summed E-state index contributed by atoms with van der Waals surface area (Å²) >= 11 is 0. The molecule has 3 atom stereocenters. The molecule has 3 aromatic rings. The lowest BCUT2D eigenvalue weighted by molar-refractivity contribution is -0.134. The van der Waals surface area contributed by atoms with Crippen molar-refractivity contribution in [1.82, 2.24) is 15.2 Å². The molecule has 200 valence electrons. The van der Waals surface area contributed by atoms with Crippen LogP contribution in [0.15, 0.2) is 48.5 Å². The third-order valence-electron chi connectivity index (χ3n) is 8.94. The highest BCUT2D eigenvalue weighted by Gasteiger charge is 2.56. The number of anilines is 1. The summed E-state index contributed by atoms with van der Waals surface area (Å²) in [5, 5.41) is 17.0. The monoisotopic (exact) mass is 523 g/mol. The van der Waals surface area contributed by atoms with Gasteiger partial charge in [-0.15, -0.1) is 0 Å². The average Bonchev–Trinajstić information content (AvgIpc) is 3.64. The lowest BCUT2D eigenvalue weighted by atomic mass is 9.80. The number of hydrogen-bond acceptors (Lipinski definition) is 4. The molecule has 0 radical (unpaired) electrons. The van der Waals surface area contributed by atoms with Crippen LogP contribution in [0.5, 0.6) is 0 Å². The van der Waals surface area contributed by atoms with E-state index in [1.807, 2.05) is 55.5 Å². The zero-order chi connectivity index (χ0) is 27.1. The lowest BCUT2D eigenvalue weighted by Crippen LogP contribution is -2.51. The van der Waals surface area contributed by atoms with E-state index in [9.17, 15) is 19.6 Å². The maximum Gasteiger partial charge on any atom is 0.268 e. The maximum absolute atomic E-state index is 14.2. The Hall–Kier alpha value is -4.12. The predicted molar refractivity (Wildman–Crippen MR) is 148 cm³/mol. The number of aryl methyl sites for hydroxylation is 1. The van der Waals surface area contributed by atoms with E-state index in [2.05, 4.69) is 21.7 Å². The van der Waals surface area contributed by atoms with Crippen LogP contribution in [0, 0.1) is 24.2 Å². The second-order valence-electron chi connectivity index (χ2n) is 11.4. The van der Waals surface area contributed by atoms with E-state index in [-0.39, 0.29) is 30.7 Å². The number of H-pyrrole nitrogens is 1. The molecule has 1 spiro atoms. The number of aromatic nitrogens is 1. The molecule has 3 N–H and O–H groups in total. The Bertz CT molecular complexity index is 1500. The zero-order valence-electron chi connectivity index (χ0n) is 22.1. The Labute approximate surface area is 227 Å². The van der Waals surface area contributed by atoms with Crippen LogP contribution in [0.2, 0.25) is 0 Å². The first kappa shape index (κ1) is 25.2. The number of rotatable bonds is 5. The van der Waals surface area contributed by atoms with E-state index in [1.54, 1.807) is 0 Å². The number of para-hydroxylation sites is 1. The van der Waals surface area contributed by atoms with Gasteiger partial charge in [-0.25, -0.2) is 0 Å². The molecule has 39 heavy (non-hydrogen) atoms. The number of aromatic amines is 1. The molecule has 8 nitrogen and oxygen atoms in total. The molecule has 3 heterocycles. The van der Waals surface area contributed by atoms with Crippen LogP contribution in [-0.4, -0.2) is 46.2 Å². The van der Waals surface area contributed by atoms with E-state index >= 15 is 0 Å². The molecule has 3 aliphatic rings. The average molecular weight is 524 g/mol. The van der Waals surface area contributed by atoms with Crippen molar-refractivity contribution in [1.29, 1.82) is 5.26 Å². The van der Waals surface area contributed by atoms with Crippen molar-refractivity contribution >= 4 is 34.3 Å². The summed E-state index contributed by atoms with van der Waals surface area (Å²) in [6, 6.07) is 15.9. The number of carbonyl (C=O) groups excluding carboxylic acids is 3. The Morgan fingerprint density at radius 1 is 1.15 bits per heavy atom. The summed E-state index contributed by atoms with van der Waals surface area (Å²) in [6.45, 7) is 2.12. The van der Waals surface area contributed by atoms with E-state index in [1.165, 1.54) is 11.3 Å². The van der Waals surface area contributed by atoms with E-state index in [4.69, 9.17) is 0 Å². The van der Waals surface area contributed by atoms with Crippen LogP contribution >= 0.6 is 0 Å². The number of nitriles is 1. The van der Waals surface area contributed by atoms with Gasteiger partial charge in [-0.1, -0.05) is 62.4 Å². The van der Waals surface area contributed by atoms with Crippen molar-refractivity contribution in [2.75, 3.05) is 11.9 Å². The Kier molecular flexibility index (Phi) is 6.38. The molecule has 3 amide bonds. The van der Waals surface area contributed by atoms with Crippen LogP contribution in [0.25, 0.3) is 10.9 Å². The van der Waals surface area contributed by atoms with Gasteiger partial charge in [0.2, 0.25) is 11.8 Å². The fourth-order valence-electron chi connectivity index (χ4n) is 6.83. The van der Waals surface area contributed by atoms with Gasteiger partial charge in [0, 0.05) is 29.6 Å². The first-order chi connectivity index (χ1) is 18.9. The van der Waals surface area contributed by atoms with Gasteiger partial charge >= 0.3 is 0 Å². The highest BCUT2D eigenvalue weighted by molar-refractivity contribution is 6.07. The molecule has 6 rings (SSSR count). The van der Waals surface area contributed by atoms with E-state index < -0.39 is 17.5 Å². The lowest BCUT2D eigenvalue weighted by Gasteiger charge is -2.31. The van der Waals surface area contributed by atoms with Crippen molar-refractivity contribution in [2.45, 2.75) is 69.4 Å². The van der Waals surface area contributed by atoms with Crippen LogP contribution in [0.1, 0.15) is 66.6 Å². The van der Waals surface area contributed by atoms with Gasteiger partial charge in [0.1, 0.15) is 17.8 Å². The molecule has 1 aliphatic carbocycles.